The Morgan fingerprint density at radius 1 is 1.44 bits per heavy atom. The van der Waals surface area contributed by atoms with Crippen LogP contribution in [0, 0.1) is 0 Å². The fraction of sp³-hybridized carbons (Fsp3) is 1.00. The Morgan fingerprint density at radius 3 is 2.44 bits per heavy atom. The highest BCUT2D eigenvalue weighted by molar-refractivity contribution is 4.50. The van der Waals surface area contributed by atoms with Gasteiger partial charge in [0.1, 0.15) is 0 Å². The number of hydrogen-bond donors (Lipinski definition) is 1. The van der Waals surface area contributed by atoms with Crippen LogP contribution in [0.4, 0.5) is 0 Å². The molecular weight excluding hydrogens is 118 g/mol. The summed E-state index contributed by atoms with van der Waals surface area (Å²) in [4.78, 5) is 4.42. The SMILES string of the molecule is CCOC(CC)CON. The minimum absolute atomic E-state index is 0.167. The Labute approximate surface area is 56.1 Å². The summed E-state index contributed by atoms with van der Waals surface area (Å²) in [6.07, 6.45) is 1.12. The highest BCUT2D eigenvalue weighted by Crippen LogP contribution is 1.96. The van der Waals surface area contributed by atoms with Gasteiger partial charge in [0.15, 0.2) is 0 Å². The average molecular weight is 133 g/mol. The van der Waals surface area contributed by atoms with Crippen molar-refractivity contribution in [3.63, 3.8) is 0 Å². The first-order chi connectivity index (χ1) is 4.35. The fourth-order valence-corrected chi connectivity index (χ4v) is 0.627. The molecule has 0 radical (unpaired) electrons. The van der Waals surface area contributed by atoms with Gasteiger partial charge in [-0.05, 0) is 13.3 Å². The zero-order chi connectivity index (χ0) is 7.11. The molecule has 1 atom stereocenters. The molecule has 0 amide bonds. The molecule has 0 saturated carbocycles. The number of nitrogens with two attached hydrogens (primary N) is 1. The van der Waals surface area contributed by atoms with Crippen LogP contribution in [0.2, 0.25) is 0 Å². The van der Waals surface area contributed by atoms with Crippen molar-refractivity contribution in [2.45, 2.75) is 26.4 Å². The van der Waals surface area contributed by atoms with E-state index in [0.29, 0.717) is 6.61 Å². The first-order valence-corrected chi connectivity index (χ1v) is 3.28. The topological polar surface area (TPSA) is 44.5 Å². The predicted molar refractivity (Wildman–Crippen MR) is 35.8 cm³/mol. The second-order valence-corrected chi connectivity index (χ2v) is 1.82. The molecule has 0 aliphatic carbocycles. The van der Waals surface area contributed by atoms with Crippen LogP contribution in [0.5, 0.6) is 0 Å². The molecule has 2 N–H and O–H groups in total. The van der Waals surface area contributed by atoms with Gasteiger partial charge in [0.2, 0.25) is 0 Å². The second-order valence-electron chi connectivity index (χ2n) is 1.82. The van der Waals surface area contributed by atoms with Gasteiger partial charge in [-0.1, -0.05) is 6.92 Å². The quantitative estimate of drug-likeness (QED) is 0.561. The van der Waals surface area contributed by atoms with Crippen LogP contribution in [0.15, 0.2) is 0 Å². The van der Waals surface area contributed by atoms with Gasteiger partial charge in [0, 0.05) is 6.61 Å². The Balaban J connectivity index is 3.18. The summed E-state index contributed by atoms with van der Waals surface area (Å²) in [5.74, 6) is 4.86. The van der Waals surface area contributed by atoms with Gasteiger partial charge < -0.3 is 9.57 Å². The molecular formula is C6H15NO2. The van der Waals surface area contributed by atoms with Crippen LogP contribution < -0.4 is 5.90 Å². The van der Waals surface area contributed by atoms with Gasteiger partial charge in [-0.15, -0.1) is 0 Å². The van der Waals surface area contributed by atoms with Crippen molar-refractivity contribution in [2.24, 2.45) is 5.90 Å². The first-order valence-electron chi connectivity index (χ1n) is 3.28. The van der Waals surface area contributed by atoms with Crippen LogP contribution in [0.1, 0.15) is 20.3 Å². The minimum atomic E-state index is 0.167. The molecule has 0 aliphatic heterocycles. The maximum atomic E-state index is 5.23. The van der Waals surface area contributed by atoms with E-state index in [4.69, 9.17) is 10.6 Å². The molecule has 0 bridgehead atoms. The third kappa shape index (κ3) is 4.39. The lowest BCUT2D eigenvalue weighted by atomic mass is 10.3. The standard InChI is InChI=1S/C6H15NO2/c1-3-6(5-9-7)8-4-2/h6H,3-5,7H2,1-2H3. The van der Waals surface area contributed by atoms with Gasteiger partial charge in [0.25, 0.3) is 0 Å². The summed E-state index contributed by atoms with van der Waals surface area (Å²) in [6.45, 7) is 5.21. The van der Waals surface area contributed by atoms with Gasteiger partial charge in [-0.3, -0.25) is 0 Å². The van der Waals surface area contributed by atoms with Crippen LogP contribution in [0.3, 0.4) is 0 Å². The molecule has 0 aliphatic rings. The maximum Gasteiger partial charge on any atom is 0.0941 e. The normalized spacial score (nSPS) is 13.7. The van der Waals surface area contributed by atoms with Crippen LogP contribution in [-0.4, -0.2) is 19.3 Å². The molecule has 0 rings (SSSR count). The van der Waals surface area contributed by atoms with Gasteiger partial charge in [0.05, 0.1) is 12.7 Å². The Morgan fingerprint density at radius 2 is 2.11 bits per heavy atom. The van der Waals surface area contributed by atoms with Crippen molar-refractivity contribution in [1.82, 2.24) is 0 Å². The highest BCUT2D eigenvalue weighted by atomic mass is 16.6. The second kappa shape index (κ2) is 6.01. The van der Waals surface area contributed by atoms with Crippen LogP contribution in [0.25, 0.3) is 0 Å². The largest absolute Gasteiger partial charge is 0.376 e. The summed E-state index contributed by atoms with van der Waals surface area (Å²) < 4.78 is 5.23. The van der Waals surface area contributed by atoms with E-state index in [0.717, 1.165) is 13.0 Å². The van der Waals surface area contributed by atoms with Gasteiger partial charge >= 0.3 is 0 Å². The van der Waals surface area contributed by atoms with Crippen molar-refractivity contribution in [1.29, 1.82) is 0 Å². The number of rotatable bonds is 5. The summed E-state index contributed by atoms with van der Waals surface area (Å²) in [5, 5.41) is 0. The van der Waals surface area contributed by atoms with Crippen molar-refractivity contribution in [3.05, 3.63) is 0 Å². The van der Waals surface area contributed by atoms with E-state index in [-0.39, 0.29) is 6.10 Å². The molecule has 1 unspecified atom stereocenters. The van der Waals surface area contributed by atoms with Crippen LogP contribution in [-0.2, 0) is 9.57 Å². The summed E-state index contributed by atoms with van der Waals surface area (Å²) >= 11 is 0. The zero-order valence-electron chi connectivity index (χ0n) is 6.09. The Bertz CT molecular complexity index is 53.0. The molecule has 56 valence electrons. The van der Waals surface area contributed by atoms with Crippen molar-refractivity contribution in [2.75, 3.05) is 13.2 Å². The monoisotopic (exact) mass is 133 g/mol. The van der Waals surface area contributed by atoms with E-state index in [1.165, 1.54) is 0 Å². The molecule has 3 heteroatoms. The van der Waals surface area contributed by atoms with E-state index in [1.54, 1.807) is 0 Å². The van der Waals surface area contributed by atoms with Crippen LogP contribution >= 0.6 is 0 Å². The average Bonchev–Trinajstić information content (AvgIpc) is 1.88. The number of hydrogen-bond acceptors (Lipinski definition) is 3. The smallest absolute Gasteiger partial charge is 0.0941 e. The van der Waals surface area contributed by atoms with Gasteiger partial charge in [-0.2, -0.15) is 0 Å². The molecule has 0 saturated heterocycles. The van der Waals surface area contributed by atoms with Gasteiger partial charge in [-0.25, -0.2) is 5.90 Å². The zero-order valence-corrected chi connectivity index (χ0v) is 6.09. The molecule has 3 nitrogen and oxygen atoms in total. The molecule has 0 aromatic heterocycles. The number of ether oxygens (including phenoxy) is 1. The highest BCUT2D eigenvalue weighted by Gasteiger charge is 2.02. The molecule has 9 heavy (non-hydrogen) atoms. The van der Waals surface area contributed by atoms with Crippen molar-refractivity contribution in [3.8, 4) is 0 Å². The summed E-state index contributed by atoms with van der Waals surface area (Å²) in [7, 11) is 0. The fourth-order valence-electron chi connectivity index (χ4n) is 0.627. The molecule has 0 aromatic rings. The molecule has 0 spiro atoms. The van der Waals surface area contributed by atoms with Crippen molar-refractivity contribution < 1.29 is 9.57 Å². The van der Waals surface area contributed by atoms with E-state index in [9.17, 15) is 0 Å². The van der Waals surface area contributed by atoms with Crippen molar-refractivity contribution >= 4 is 0 Å². The summed E-state index contributed by atoms with van der Waals surface area (Å²) in [6, 6.07) is 0. The lowest BCUT2D eigenvalue weighted by Gasteiger charge is -2.11. The maximum absolute atomic E-state index is 5.23. The Hall–Kier alpha value is -0.120. The molecule has 0 aromatic carbocycles. The van der Waals surface area contributed by atoms with E-state index in [2.05, 4.69) is 4.84 Å². The minimum Gasteiger partial charge on any atom is -0.376 e. The van der Waals surface area contributed by atoms with E-state index >= 15 is 0 Å². The predicted octanol–water partition coefficient (Wildman–Crippen LogP) is 0.692. The summed E-state index contributed by atoms with van der Waals surface area (Å²) in [5.41, 5.74) is 0. The molecule has 0 fully saturated rings. The lowest BCUT2D eigenvalue weighted by molar-refractivity contribution is -0.0137. The third-order valence-electron chi connectivity index (χ3n) is 1.14. The first kappa shape index (κ1) is 8.88. The lowest BCUT2D eigenvalue weighted by Crippen LogP contribution is -2.20. The van der Waals surface area contributed by atoms with E-state index < -0.39 is 0 Å². The Kier molecular flexibility index (Phi) is 5.93. The molecule has 0 heterocycles. The van der Waals surface area contributed by atoms with E-state index in [1.807, 2.05) is 13.8 Å². The third-order valence-corrected chi connectivity index (χ3v) is 1.14.